The van der Waals surface area contributed by atoms with Gasteiger partial charge in [0, 0.05) is 15.7 Å². The zero-order chi connectivity index (χ0) is 24.0. The number of esters is 1. The molecule has 6 nitrogen and oxygen atoms in total. The molecule has 3 rings (SSSR count). The number of amides is 1. The van der Waals surface area contributed by atoms with Crippen molar-refractivity contribution in [1.82, 2.24) is 0 Å². The Morgan fingerprint density at radius 3 is 2.42 bits per heavy atom. The van der Waals surface area contributed by atoms with Gasteiger partial charge in [0.05, 0.1) is 36.9 Å². The number of halogens is 2. The van der Waals surface area contributed by atoms with Crippen LogP contribution in [0.2, 0.25) is 10.0 Å². The second-order valence-corrected chi connectivity index (χ2v) is 8.08. The second-order valence-electron chi connectivity index (χ2n) is 7.24. The Morgan fingerprint density at radius 1 is 1.06 bits per heavy atom. The normalized spacial score (nSPS) is 11.2. The largest absolute Gasteiger partial charge is 0.465 e. The first-order valence-corrected chi connectivity index (χ1v) is 10.8. The molecule has 0 bridgehead atoms. The average molecular weight is 482 g/mol. The second kappa shape index (κ2) is 10.9. The van der Waals surface area contributed by atoms with Crippen LogP contribution in [0.3, 0.4) is 0 Å². The Hall–Kier alpha value is -3.53. The maximum absolute atomic E-state index is 12.5. The summed E-state index contributed by atoms with van der Waals surface area (Å²) in [6.07, 6.45) is 0. The summed E-state index contributed by atoms with van der Waals surface area (Å²) in [7, 11) is 1.28. The number of hydrogen-bond acceptors (Lipinski definition) is 5. The molecule has 0 saturated heterocycles. The van der Waals surface area contributed by atoms with Gasteiger partial charge in [-0.05, 0) is 53.9 Å². The van der Waals surface area contributed by atoms with E-state index in [1.807, 2.05) is 13.0 Å². The number of nitriles is 1. The standard InChI is InChI=1S/C25H21Cl2N3O3/c1-15-11-19(20(13-28)16-7-9-17(26)10-8-16)21(27)12-23(15)29-14-24(31)30-22-6-4-3-5-18(22)25(32)33-2/h3-12,20,29H,14H2,1-2H3,(H,30,31). The molecule has 0 heterocycles. The molecule has 1 unspecified atom stereocenters. The predicted molar refractivity (Wildman–Crippen MR) is 130 cm³/mol. The van der Waals surface area contributed by atoms with Crippen LogP contribution in [0.5, 0.6) is 0 Å². The molecule has 0 aliphatic rings. The van der Waals surface area contributed by atoms with E-state index >= 15 is 0 Å². The van der Waals surface area contributed by atoms with Crippen LogP contribution in [0.15, 0.2) is 60.7 Å². The van der Waals surface area contributed by atoms with E-state index in [2.05, 4.69) is 16.7 Å². The molecular weight excluding hydrogens is 461 g/mol. The highest BCUT2D eigenvalue weighted by Gasteiger charge is 2.19. The van der Waals surface area contributed by atoms with Gasteiger partial charge in [-0.3, -0.25) is 4.79 Å². The molecule has 0 spiro atoms. The van der Waals surface area contributed by atoms with E-state index in [1.54, 1.807) is 54.6 Å². The monoisotopic (exact) mass is 481 g/mol. The molecule has 0 radical (unpaired) electrons. The third kappa shape index (κ3) is 5.83. The Morgan fingerprint density at radius 2 is 1.76 bits per heavy atom. The van der Waals surface area contributed by atoms with Crippen LogP contribution < -0.4 is 10.6 Å². The lowest BCUT2D eigenvalue weighted by atomic mass is 9.91. The fourth-order valence-corrected chi connectivity index (χ4v) is 3.74. The van der Waals surface area contributed by atoms with Crippen molar-refractivity contribution in [1.29, 1.82) is 5.26 Å². The van der Waals surface area contributed by atoms with Crippen LogP contribution in [0.4, 0.5) is 11.4 Å². The zero-order valence-corrected chi connectivity index (χ0v) is 19.5. The van der Waals surface area contributed by atoms with E-state index in [0.717, 1.165) is 11.1 Å². The number of aryl methyl sites for hydroxylation is 1. The number of carbonyl (C=O) groups is 2. The summed E-state index contributed by atoms with van der Waals surface area (Å²) in [5.74, 6) is -1.44. The summed E-state index contributed by atoms with van der Waals surface area (Å²) in [5, 5.41) is 16.5. The quantitative estimate of drug-likeness (QED) is 0.416. The molecular formula is C25H21Cl2N3O3. The van der Waals surface area contributed by atoms with Crippen molar-refractivity contribution in [3.8, 4) is 6.07 Å². The SMILES string of the molecule is COC(=O)c1ccccc1NC(=O)CNc1cc(Cl)c(C(C#N)c2ccc(Cl)cc2)cc1C. The van der Waals surface area contributed by atoms with E-state index in [9.17, 15) is 14.9 Å². The Bertz CT molecular complexity index is 1220. The fraction of sp³-hybridized carbons (Fsp3) is 0.160. The van der Waals surface area contributed by atoms with E-state index in [1.165, 1.54) is 7.11 Å². The van der Waals surface area contributed by atoms with Crippen LogP contribution in [-0.2, 0) is 9.53 Å². The van der Waals surface area contributed by atoms with Crippen molar-refractivity contribution < 1.29 is 14.3 Å². The summed E-state index contributed by atoms with van der Waals surface area (Å²) >= 11 is 12.5. The van der Waals surface area contributed by atoms with Gasteiger partial charge in [0.15, 0.2) is 0 Å². The highest BCUT2D eigenvalue weighted by Crippen LogP contribution is 2.34. The topological polar surface area (TPSA) is 91.2 Å². The fourth-order valence-electron chi connectivity index (χ4n) is 3.34. The average Bonchev–Trinajstić information content (AvgIpc) is 2.81. The van der Waals surface area contributed by atoms with Gasteiger partial charge in [-0.2, -0.15) is 5.26 Å². The molecule has 3 aromatic carbocycles. The molecule has 1 amide bonds. The Kier molecular flexibility index (Phi) is 7.94. The van der Waals surface area contributed by atoms with E-state index in [-0.39, 0.29) is 18.0 Å². The lowest BCUT2D eigenvalue weighted by molar-refractivity contribution is -0.114. The van der Waals surface area contributed by atoms with E-state index in [0.29, 0.717) is 27.0 Å². The Labute approximate surface area is 202 Å². The molecule has 33 heavy (non-hydrogen) atoms. The number of nitrogens with one attached hydrogen (secondary N) is 2. The molecule has 0 saturated carbocycles. The van der Waals surface area contributed by atoms with Gasteiger partial charge in [0.2, 0.25) is 5.91 Å². The van der Waals surface area contributed by atoms with E-state index in [4.69, 9.17) is 27.9 Å². The number of hydrogen-bond donors (Lipinski definition) is 2. The highest BCUT2D eigenvalue weighted by molar-refractivity contribution is 6.32. The number of ether oxygens (including phenoxy) is 1. The van der Waals surface area contributed by atoms with Gasteiger partial charge in [-0.1, -0.05) is 53.5 Å². The zero-order valence-electron chi connectivity index (χ0n) is 18.0. The third-order valence-electron chi connectivity index (χ3n) is 5.03. The first kappa shape index (κ1) is 24.1. The van der Waals surface area contributed by atoms with E-state index < -0.39 is 11.9 Å². The number of nitrogens with zero attached hydrogens (tertiary/aromatic N) is 1. The lowest BCUT2D eigenvalue weighted by Crippen LogP contribution is -2.23. The van der Waals surface area contributed by atoms with Crippen molar-refractivity contribution in [2.24, 2.45) is 0 Å². The molecule has 3 aromatic rings. The van der Waals surface area contributed by atoms with Crippen LogP contribution in [0.1, 0.15) is 33.0 Å². The highest BCUT2D eigenvalue weighted by atomic mass is 35.5. The Balaban J connectivity index is 1.73. The molecule has 8 heteroatoms. The first-order chi connectivity index (χ1) is 15.8. The number of rotatable bonds is 7. The van der Waals surface area contributed by atoms with Crippen molar-refractivity contribution in [3.63, 3.8) is 0 Å². The first-order valence-electron chi connectivity index (χ1n) is 10.00. The number of para-hydroxylation sites is 1. The van der Waals surface area contributed by atoms with Crippen LogP contribution >= 0.6 is 23.2 Å². The number of carbonyl (C=O) groups excluding carboxylic acids is 2. The van der Waals surface area contributed by atoms with Gasteiger partial charge in [-0.15, -0.1) is 0 Å². The van der Waals surface area contributed by atoms with Crippen LogP contribution in [-0.4, -0.2) is 25.5 Å². The number of benzene rings is 3. The molecule has 2 N–H and O–H groups in total. The predicted octanol–water partition coefficient (Wildman–Crippen LogP) is 5.79. The van der Waals surface area contributed by atoms with Crippen LogP contribution in [0, 0.1) is 18.3 Å². The smallest absolute Gasteiger partial charge is 0.339 e. The van der Waals surface area contributed by atoms with Crippen molar-refractivity contribution >= 4 is 46.5 Å². The van der Waals surface area contributed by atoms with Gasteiger partial charge < -0.3 is 15.4 Å². The van der Waals surface area contributed by atoms with Gasteiger partial charge in [-0.25, -0.2) is 4.79 Å². The number of methoxy groups -OCH3 is 1. The minimum absolute atomic E-state index is 0.0507. The summed E-state index contributed by atoms with van der Waals surface area (Å²) in [6.45, 7) is 1.81. The van der Waals surface area contributed by atoms with Crippen molar-refractivity contribution in [2.45, 2.75) is 12.8 Å². The lowest BCUT2D eigenvalue weighted by Gasteiger charge is -2.17. The van der Waals surface area contributed by atoms with Crippen molar-refractivity contribution in [3.05, 3.63) is 93.0 Å². The minimum atomic E-state index is -0.555. The molecule has 0 aromatic heterocycles. The maximum atomic E-state index is 12.5. The van der Waals surface area contributed by atoms with Crippen LogP contribution in [0.25, 0.3) is 0 Å². The molecule has 0 aliphatic carbocycles. The molecule has 0 fully saturated rings. The summed E-state index contributed by atoms with van der Waals surface area (Å²) in [4.78, 5) is 24.3. The third-order valence-corrected chi connectivity index (χ3v) is 5.61. The van der Waals surface area contributed by atoms with Gasteiger partial charge in [0.25, 0.3) is 0 Å². The minimum Gasteiger partial charge on any atom is -0.465 e. The van der Waals surface area contributed by atoms with Gasteiger partial charge in [0.1, 0.15) is 0 Å². The maximum Gasteiger partial charge on any atom is 0.339 e. The summed E-state index contributed by atoms with van der Waals surface area (Å²) < 4.78 is 4.74. The number of anilines is 2. The summed E-state index contributed by atoms with van der Waals surface area (Å²) in [5.41, 5.74) is 3.57. The molecule has 168 valence electrons. The van der Waals surface area contributed by atoms with Crippen molar-refractivity contribution in [2.75, 3.05) is 24.3 Å². The molecule has 0 aliphatic heterocycles. The molecule has 1 atom stereocenters. The van der Waals surface area contributed by atoms with Gasteiger partial charge >= 0.3 is 5.97 Å². The summed E-state index contributed by atoms with van der Waals surface area (Å²) in [6, 6.07) is 19.5.